The van der Waals surface area contributed by atoms with Gasteiger partial charge in [0.25, 0.3) is 11.6 Å². The van der Waals surface area contributed by atoms with Crippen molar-refractivity contribution >= 4 is 33.7 Å². The number of carbonyl (C=O) groups is 1. The molecule has 28 heavy (non-hydrogen) atoms. The number of hydrogen-bond acceptors (Lipinski definition) is 7. The van der Waals surface area contributed by atoms with Gasteiger partial charge in [-0.2, -0.15) is 0 Å². The zero-order valence-corrected chi connectivity index (χ0v) is 15.6. The highest BCUT2D eigenvalue weighted by Gasteiger charge is 2.12. The van der Waals surface area contributed by atoms with Crippen molar-refractivity contribution in [1.29, 1.82) is 0 Å². The predicted molar refractivity (Wildman–Crippen MR) is 99.3 cm³/mol. The smallest absolute Gasteiger partial charge is 0.331 e. The fourth-order valence-electron chi connectivity index (χ4n) is 2.14. The van der Waals surface area contributed by atoms with Crippen molar-refractivity contribution in [3.05, 3.63) is 80.4 Å². The topological polar surface area (TPSA) is 108 Å². The van der Waals surface area contributed by atoms with E-state index in [1.54, 1.807) is 6.07 Å². The molecule has 0 aliphatic carbocycles. The second-order valence-electron chi connectivity index (χ2n) is 5.41. The highest BCUT2D eigenvalue weighted by Crippen LogP contribution is 2.21. The van der Waals surface area contributed by atoms with E-state index in [1.807, 2.05) is 0 Å². The van der Waals surface area contributed by atoms with Crippen molar-refractivity contribution in [3.8, 4) is 11.5 Å². The number of non-ortho nitro benzene ring substituents is 1. The molecule has 3 rings (SSSR count). The quantitative estimate of drug-likeness (QED) is 0.239. The Labute approximate surface area is 165 Å². The van der Waals surface area contributed by atoms with Crippen LogP contribution >= 0.6 is 15.9 Å². The lowest BCUT2D eigenvalue weighted by Crippen LogP contribution is -2.01. The van der Waals surface area contributed by atoms with Crippen LogP contribution in [0.15, 0.2) is 57.4 Å². The molecule has 0 spiro atoms. The third-order valence-corrected chi connectivity index (χ3v) is 3.98. The van der Waals surface area contributed by atoms with Crippen LogP contribution in [0.2, 0.25) is 0 Å². The molecule has 0 fully saturated rings. The van der Waals surface area contributed by atoms with E-state index in [2.05, 4.69) is 26.1 Å². The minimum atomic E-state index is -0.713. The number of nitrogens with zero attached hydrogens (tertiary/aromatic N) is 3. The van der Waals surface area contributed by atoms with Gasteiger partial charge in [0.1, 0.15) is 5.82 Å². The summed E-state index contributed by atoms with van der Waals surface area (Å²) >= 11 is 3.22. The van der Waals surface area contributed by atoms with Gasteiger partial charge in [-0.25, -0.2) is 9.18 Å². The molecule has 10 heteroatoms. The van der Waals surface area contributed by atoms with Crippen molar-refractivity contribution < 1.29 is 23.3 Å². The molecule has 2 aromatic carbocycles. The molecule has 0 aliphatic rings. The fraction of sp³-hybridized carbons (Fsp3) is 0.0556. The van der Waals surface area contributed by atoms with Crippen LogP contribution in [0.3, 0.4) is 0 Å². The minimum Gasteiger partial charge on any atom is -0.452 e. The summed E-state index contributed by atoms with van der Waals surface area (Å²) < 4.78 is 24.6. The van der Waals surface area contributed by atoms with E-state index < -0.39 is 16.7 Å². The molecular formula is C18H11BrFN3O5. The molecule has 0 aliphatic heterocycles. The number of rotatable bonds is 6. The number of benzene rings is 2. The molecule has 0 amide bonds. The van der Waals surface area contributed by atoms with Gasteiger partial charge < -0.3 is 9.15 Å². The first-order valence-corrected chi connectivity index (χ1v) is 8.59. The molecule has 0 bridgehead atoms. The Morgan fingerprint density at radius 3 is 2.71 bits per heavy atom. The van der Waals surface area contributed by atoms with E-state index in [1.165, 1.54) is 42.5 Å². The van der Waals surface area contributed by atoms with Gasteiger partial charge in [0, 0.05) is 33.8 Å². The molecular weight excluding hydrogens is 437 g/mol. The molecule has 0 saturated carbocycles. The van der Waals surface area contributed by atoms with Crippen LogP contribution in [0.5, 0.6) is 0 Å². The van der Waals surface area contributed by atoms with Crippen LogP contribution in [0.25, 0.3) is 17.5 Å². The number of aromatic nitrogens is 2. The Morgan fingerprint density at radius 2 is 2.00 bits per heavy atom. The lowest BCUT2D eigenvalue weighted by atomic mass is 10.2. The Hall–Kier alpha value is -3.40. The summed E-state index contributed by atoms with van der Waals surface area (Å²) in [5.41, 5.74) is 0.649. The Kier molecular flexibility index (Phi) is 5.90. The summed E-state index contributed by atoms with van der Waals surface area (Å²) in [6.45, 7) is -0.274. The Morgan fingerprint density at radius 1 is 1.25 bits per heavy atom. The van der Waals surface area contributed by atoms with E-state index in [0.717, 1.165) is 6.08 Å². The van der Waals surface area contributed by atoms with E-state index in [-0.39, 0.29) is 29.6 Å². The summed E-state index contributed by atoms with van der Waals surface area (Å²) in [5, 5.41) is 18.2. The Balaban J connectivity index is 1.59. The van der Waals surface area contributed by atoms with Gasteiger partial charge in [-0.15, -0.1) is 10.2 Å². The van der Waals surface area contributed by atoms with Gasteiger partial charge in [0.2, 0.25) is 5.89 Å². The number of nitro benzene ring substituents is 1. The zero-order valence-electron chi connectivity index (χ0n) is 14.0. The SMILES string of the molecule is O=C(C=Cc1cc(Br)ccc1F)OCc1nnc(-c2ccc([N+](=O)[O-])cc2)o1. The average Bonchev–Trinajstić information content (AvgIpc) is 3.16. The number of halogens is 2. The summed E-state index contributed by atoms with van der Waals surface area (Å²) in [6.07, 6.45) is 2.37. The molecule has 3 aromatic rings. The van der Waals surface area contributed by atoms with Gasteiger partial charge >= 0.3 is 5.97 Å². The first-order valence-electron chi connectivity index (χ1n) is 7.79. The van der Waals surface area contributed by atoms with Gasteiger partial charge in [0.15, 0.2) is 6.61 Å². The molecule has 0 unspecified atom stereocenters. The summed E-state index contributed by atoms with van der Waals surface area (Å²) in [5.74, 6) is -1.01. The number of ether oxygens (including phenoxy) is 1. The first-order chi connectivity index (χ1) is 13.4. The molecule has 1 heterocycles. The minimum absolute atomic E-state index is 0.0451. The van der Waals surface area contributed by atoms with Crippen LogP contribution in [-0.4, -0.2) is 21.1 Å². The first kappa shape index (κ1) is 19.4. The standard InChI is InChI=1S/C18H11BrFN3O5/c19-13-4-7-15(20)12(9-13)3-8-17(24)27-10-16-21-22-18(28-16)11-1-5-14(6-2-11)23(25)26/h1-9H,10H2. The molecule has 0 radical (unpaired) electrons. The van der Waals surface area contributed by atoms with E-state index in [4.69, 9.17) is 9.15 Å². The molecule has 0 saturated heterocycles. The van der Waals surface area contributed by atoms with Crippen molar-refractivity contribution in [2.75, 3.05) is 0 Å². The van der Waals surface area contributed by atoms with Crippen LogP contribution in [0.1, 0.15) is 11.5 Å². The van der Waals surface area contributed by atoms with Crippen molar-refractivity contribution in [3.63, 3.8) is 0 Å². The average molecular weight is 448 g/mol. The number of hydrogen-bond donors (Lipinski definition) is 0. The molecule has 1 aromatic heterocycles. The van der Waals surface area contributed by atoms with Gasteiger partial charge in [-0.1, -0.05) is 15.9 Å². The second kappa shape index (κ2) is 8.53. The van der Waals surface area contributed by atoms with E-state index in [0.29, 0.717) is 10.0 Å². The zero-order chi connectivity index (χ0) is 20.1. The lowest BCUT2D eigenvalue weighted by Gasteiger charge is -1.99. The number of carbonyl (C=O) groups excluding carboxylic acids is 1. The van der Waals surface area contributed by atoms with Crippen molar-refractivity contribution in [1.82, 2.24) is 10.2 Å². The summed E-state index contributed by atoms with van der Waals surface area (Å²) in [4.78, 5) is 21.9. The molecule has 8 nitrogen and oxygen atoms in total. The Bertz CT molecular complexity index is 1050. The maximum Gasteiger partial charge on any atom is 0.331 e. The summed E-state index contributed by atoms with van der Waals surface area (Å²) in [6, 6.07) is 9.90. The van der Waals surface area contributed by atoms with Gasteiger partial charge in [-0.05, 0) is 36.4 Å². The number of nitro groups is 1. The van der Waals surface area contributed by atoms with E-state index >= 15 is 0 Å². The predicted octanol–water partition coefficient (Wildman–Crippen LogP) is 4.30. The van der Waals surface area contributed by atoms with Gasteiger partial charge in [-0.3, -0.25) is 10.1 Å². The van der Waals surface area contributed by atoms with Crippen LogP contribution in [0.4, 0.5) is 10.1 Å². The molecule has 0 N–H and O–H groups in total. The van der Waals surface area contributed by atoms with E-state index in [9.17, 15) is 19.3 Å². The van der Waals surface area contributed by atoms with Crippen molar-refractivity contribution in [2.24, 2.45) is 0 Å². The molecule has 0 atom stereocenters. The molecule has 142 valence electrons. The highest BCUT2D eigenvalue weighted by molar-refractivity contribution is 9.10. The second-order valence-corrected chi connectivity index (χ2v) is 6.33. The number of esters is 1. The maximum atomic E-state index is 13.6. The lowest BCUT2D eigenvalue weighted by molar-refractivity contribution is -0.384. The fourth-order valence-corrected chi connectivity index (χ4v) is 2.51. The van der Waals surface area contributed by atoms with Crippen LogP contribution in [-0.2, 0) is 16.1 Å². The monoisotopic (exact) mass is 447 g/mol. The summed E-state index contributed by atoms with van der Waals surface area (Å²) in [7, 11) is 0. The third-order valence-electron chi connectivity index (χ3n) is 3.49. The van der Waals surface area contributed by atoms with Gasteiger partial charge in [0.05, 0.1) is 4.92 Å². The normalized spacial score (nSPS) is 10.9. The largest absolute Gasteiger partial charge is 0.452 e. The van der Waals surface area contributed by atoms with Crippen LogP contribution in [0, 0.1) is 15.9 Å². The third kappa shape index (κ3) is 4.86. The van der Waals surface area contributed by atoms with Crippen molar-refractivity contribution in [2.45, 2.75) is 6.61 Å². The highest BCUT2D eigenvalue weighted by atomic mass is 79.9. The maximum absolute atomic E-state index is 13.6. The van der Waals surface area contributed by atoms with Crippen LogP contribution < -0.4 is 0 Å².